The van der Waals surface area contributed by atoms with Gasteiger partial charge in [0, 0.05) is 0 Å². The summed E-state index contributed by atoms with van der Waals surface area (Å²) >= 11 is 0. The second kappa shape index (κ2) is 4.13. The zero-order valence-corrected chi connectivity index (χ0v) is 10.7. The van der Waals surface area contributed by atoms with E-state index in [2.05, 4.69) is 5.32 Å². The molecule has 0 aromatic heterocycles. The van der Waals surface area contributed by atoms with Crippen molar-refractivity contribution in [3.63, 3.8) is 0 Å². The molecule has 2 N–H and O–H groups in total. The molecule has 1 aliphatic carbocycles. The number of carbonyl (C=O) groups excluding carboxylic acids is 2. The summed E-state index contributed by atoms with van der Waals surface area (Å²) in [5.74, 6) is -1.46. The Morgan fingerprint density at radius 3 is 2.35 bits per heavy atom. The molecular weight excluding hydrogens is 277 g/mol. The van der Waals surface area contributed by atoms with Gasteiger partial charge in [0.2, 0.25) is 6.41 Å². The van der Waals surface area contributed by atoms with Gasteiger partial charge in [0.1, 0.15) is 5.54 Å². The number of alkyl halides is 2. The summed E-state index contributed by atoms with van der Waals surface area (Å²) < 4.78 is 48.6. The zero-order chi connectivity index (χ0) is 13.5. The van der Waals surface area contributed by atoms with E-state index in [1.54, 1.807) is 6.92 Å². The molecule has 0 aromatic rings. The standard InChI is InChI=1S/C7H11F2N2O4PS/c1-4-2-6(4,10-3-12)5(13)11-17(14,15)7(8,9)16/h3-4H,2,16H2,1H3,(H,10,12)(H,11,13). The number of amides is 2. The van der Waals surface area contributed by atoms with E-state index in [0.717, 1.165) is 9.24 Å². The van der Waals surface area contributed by atoms with Crippen LogP contribution >= 0.6 is 9.24 Å². The second-order valence-corrected chi connectivity index (χ2v) is 6.73. The number of sulfonamides is 1. The molecule has 0 aromatic carbocycles. The predicted octanol–water partition coefficient (Wildman–Crippen LogP) is -0.618. The second-order valence-electron chi connectivity index (χ2n) is 3.84. The fraction of sp³-hybridized carbons (Fsp3) is 0.714. The molecule has 6 nitrogen and oxygen atoms in total. The highest BCUT2D eigenvalue weighted by atomic mass is 32.2. The Hall–Kier alpha value is -0.820. The lowest BCUT2D eigenvalue weighted by Crippen LogP contribution is -2.51. The monoisotopic (exact) mass is 288 g/mol. The number of halogens is 2. The highest BCUT2D eigenvalue weighted by Crippen LogP contribution is 2.43. The Bertz CT molecular complexity index is 449. The van der Waals surface area contributed by atoms with Crippen molar-refractivity contribution in [2.45, 2.75) is 23.9 Å². The molecule has 3 atom stereocenters. The molecule has 17 heavy (non-hydrogen) atoms. The lowest BCUT2D eigenvalue weighted by atomic mass is 10.2. The topological polar surface area (TPSA) is 92.3 Å². The minimum absolute atomic E-state index is 0.204. The first kappa shape index (κ1) is 14.2. The quantitative estimate of drug-likeness (QED) is 0.521. The Morgan fingerprint density at radius 1 is 1.59 bits per heavy atom. The van der Waals surface area contributed by atoms with E-state index >= 15 is 0 Å². The van der Waals surface area contributed by atoms with E-state index in [4.69, 9.17) is 0 Å². The van der Waals surface area contributed by atoms with Gasteiger partial charge in [-0.2, -0.15) is 17.2 Å². The third kappa shape index (κ3) is 2.55. The van der Waals surface area contributed by atoms with Gasteiger partial charge >= 0.3 is 15.0 Å². The Morgan fingerprint density at radius 2 is 2.06 bits per heavy atom. The molecule has 3 unspecified atom stereocenters. The van der Waals surface area contributed by atoms with Gasteiger partial charge in [-0.3, -0.25) is 9.59 Å². The normalized spacial score (nSPS) is 28.4. The van der Waals surface area contributed by atoms with Gasteiger partial charge in [0.15, 0.2) is 0 Å². The van der Waals surface area contributed by atoms with Crippen LogP contribution in [0, 0.1) is 5.92 Å². The molecule has 1 fully saturated rings. The first-order chi connectivity index (χ1) is 7.57. The van der Waals surface area contributed by atoms with Crippen molar-refractivity contribution < 1.29 is 26.8 Å². The van der Waals surface area contributed by atoms with E-state index in [1.807, 2.05) is 0 Å². The molecule has 0 radical (unpaired) electrons. The summed E-state index contributed by atoms with van der Waals surface area (Å²) in [5, 5.41) is 2.15. The van der Waals surface area contributed by atoms with E-state index in [-0.39, 0.29) is 18.7 Å². The number of carbonyl (C=O) groups is 2. The molecule has 2 amide bonds. The summed E-state index contributed by atoms with van der Waals surface area (Å²) in [6.45, 7) is 1.58. The van der Waals surface area contributed by atoms with Crippen molar-refractivity contribution >= 4 is 31.6 Å². The van der Waals surface area contributed by atoms with E-state index < -0.39 is 26.5 Å². The number of nitrogens with one attached hydrogen (secondary N) is 2. The Kier molecular flexibility index (Phi) is 3.46. The highest BCUT2D eigenvalue weighted by Gasteiger charge is 2.59. The summed E-state index contributed by atoms with van der Waals surface area (Å²) in [4.78, 5) is 17.7. The fourth-order valence-corrected chi connectivity index (χ4v) is 2.13. The van der Waals surface area contributed by atoms with Crippen LogP contribution in [0.1, 0.15) is 13.3 Å². The van der Waals surface area contributed by atoms with Crippen LogP contribution in [0.3, 0.4) is 0 Å². The first-order valence-corrected chi connectivity index (χ1v) is 6.58. The minimum Gasteiger partial charge on any atom is -0.344 e. The lowest BCUT2D eigenvalue weighted by Gasteiger charge is -2.18. The Labute approximate surface area is 98.8 Å². The third-order valence-corrected chi connectivity index (χ3v) is 4.72. The molecule has 0 spiro atoms. The summed E-state index contributed by atoms with van der Waals surface area (Å²) in [6.07, 6.45) is 0.435. The first-order valence-electron chi connectivity index (χ1n) is 4.51. The van der Waals surface area contributed by atoms with Crippen molar-refractivity contribution in [1.29, 1.82) is 0 Å². The number of rotatable bonds is 5. The van der Waals surface area contributed by atoms with Crippen LogP contribution in [-0.4, -0.2) is 31.3 Å². The van der Waals surface area contributed by atoms with Gasteiger partial charge in [-0.15, -0.1) is 0 Å². The van der Waals surface area contributed by atoms with Crippen molar-refractivity contribution in [3.05, 3.63) is 0 Å². The molecule has 98 valence electrons. The van der Waals surface area contributed by atoms with Crippen molar-refractivity contribution in [2.24, 2.45) is 5.92 Å². The summed E-state index contributed by atoms with van der Waals surface area (Å²) in [5.41, 5.74) is -1.40. The average Bonchev–Trinajstić information content (AvgIpc) is 2.76. The zero-order valence-electron chi connectivity index (χ0n) is 8.74. The minimum atomic E-state index is -5.11. The highest BCUT2D eigenvalue weighted by molar-refractivity contribution is 7.94. The van der Waals surface area contributed by atoms with Crippen LogP contribution in [0.25, 0.3) is 0 Å². The molecule has 0 bridgehead atoms. The molecule has 1 aliphatic rings. The van der Waals surface area contributed by atoms with Crippen LogP contribution in [0.5, 0.6) is 0 Å². The van der Waals surface area contributed by atoms with Gasteiger partial charge < -0.3 is 5.32 Å². The van der Waals surface area contributed by atoms with Gasteiger partial charge in [-0.25, -0.2) is 4.72 Å². The van der Waals surface area contributed by atoms with Crippen LogP contribution in [0.2, 0.25) is 0 Å². The molecule has 0 heterocycles. The SMILES string of the molecule is CC1CC1(NC=O)C(=O)NS(=O)(=O)C(F)(F)P. The maximum absolute atomic E-state index is 12.6. The van der Waals surface area contributed by atoms with Crippen molar-refractivity contribution in [3.8, 4) is 0 Å². The summed E-state index contributed by atoms with van der Waals surface area (Å²) in [7, 11) is -4.29. The molecule has 10 heteroatoms. The van der Waals surface area contributed by atoms with Gasteiger partial charge in [-0.05, 0) is 21.6 Å². The number of hydrogen-bond donors (Lipinski definition) is 2. The molecule has 0 saturated heterocycles. The predicted molar refractivity (Wildman–Crippen MR) is 57.4 cm³/mol. The molecular formula is C7H11F2N2O4PS. The van der Waals surface area contributed by atoms with E-state index in [9.17, 15) is 26.8 Å². The molecule has 1 rings (SSSR count). The van der Waals surface area contributed by atoms with E-state index in [1.165, 1.54) is 4.72 Å². The van der Waals surface area contributed by atoms with Gasteiger partial charge in [0.05, 0.1) is 0 Å². The average molecular weight is 288 g/mol. The fourth-order valence-electron chi connectivity index (χ4n) is 1.39. The van der Waals surface area contributed by atoms with E-state index in [0.29, 0.717) is 0 Å². The van der Waals surface area contributed by atoms with Crippen LogP contribution < -0.4 is 10.0 Å². The van der Waals surface area contributed by atoms with Gasteiger partial charge in [-0.1, -0.05) is 6.92 Å². The smallest absolute Gasteiger partial charge is 0.344 e. The Balaban J connectivity index is 2.84. The lowest BCUT2D eigenvalue weighted by molar-refractivity contribution is -0.125. The molecule has 0 aliphatic heterocycles. The van der Waals surface area contributed by atoms with Crippen LogP contribution in [0.4, 0.5) is 8.78 Å². The molecule has 1 saturated carbocycles. The van der Waals surface area contributed by atoms with Crippen LogP contribution in [0.15, 0.2) is 0 Å². The van der Waals surface area contributed by atoms with Crippen molar-refractivity contribution in [1.82, 2.24) is 10.0 Å². The van der Waals surface area contributed by atoms with Gasteiger partial charge in [0.25, 0.3) is 5.91 Å². The largest absolute Gasteiger partial charge is 0.373 e. The third-order valence-electron chi connectivity index (χ3n) is 2.62. The van der Waals surface area contributed by atoms with Crippen molar-refractivity contribution in [2.75, 3.05) is 0 Å². The summed E-state index contributed by atoms with van der Waals surface area (Å²) in [6, 6.07) is 0. The maximum atomic E-state index is 12.6. The maximum Gasteiger partial charge on any atom is 0.373 e. The number of hydrogen-bond acceptors (Lipinski definition) is 4. The van der Waals surface area contributed by atoms with Crippen LogP contribution in [-0.2, 0) is 19.6 Å².